The summed E-state index contributed by atoms with van der Waals surface area (Å²) in [4.78, 5) is 14.2. The standard InChI is InChI=1S/C13H19N3O/c1-10-3-2-8-16(9-10)13(17)11-4-6-12(15-14)7-5-11/h4-7,10,15H,2-3,8-9,14H2,1H3. The third kappa shape index (κ3) is 2.77. The Hall–Kier alpha value is -1.55. The molecule has 2 rings (SSSR count). The molecule has 1 saturated heterocycles. The van der Waals surface area contributed by atoms with Crippen molar-refractivity contribution in [3.8, 4) is 0 Å². The van der Waals surface area contributed by atoms with Crippen molar-refractivity contribution in [2.45, 2.75) is 19.8 Å². The second-order valence-electron chi connectivity index (χ2n) is 4.72. The highest BCUT2D eigenvalue weighted by molar-refractivity contribution is 5.94. The van der Waals surface area contributed by atoms with Gasteiger partial charge in [-0.05, 0) is 43.0 Å². The first kappa shape index (κ1) is 11.9. The summed E-state index contributed by atoms with van der Waals surface area (Å²) in [5.74, 6) is 6.03. The van der Waals surface area contributed by atoms with Gasteiger partial charge in [0.1, 0.15) is 0 Å². The van der Waals surface area contributed by atoms with E-state index in [1.54, 1.807) is 0 Å². The van der Waals surface area contributed by atoms with Gasteiger partial charge in [0.25, 0.3) is 5.91 Å². The molecule has 1 fully saturated rings. The summed E-state index contributed by atoms with van der Waals surface area (Å²) in [5.41, 5.74) is 4.10. The molecule has 92 valence electrons. The molecule has 3 N–H and O–H groups in total. The molecule has 1 atom stereocenters. The Morgan fingerprint density at radius 1 is 1.41 bits per heavy atom. The number of hydrogen-bond donors (Lipinski definition) is 2. The lowest BCUT2D eigenvalue weighted by molar-refractivity contribution is 0.0683. The number of anilines is 1. The number of likely N-dealkylation sites (tertiary alicyclic amines) is 1. The van der Waals surface area contributed by atoms with Crippen LogP contribution in [0.15, 0.2) is 24.3 Å². The Balaban J connectivity index is 2.07. The lowest BCUT2D eigenvalue weighted by atomic mass is 9.99. The quantitative estimate of drug-likeness (QED) is 0.605. The van der Waals surface area contributed by atoms with Gasteiger partial charge in [-0.2, -0.15) is 0 Å². The number of hydrogen-bond acceptors (Lipinski definition) is 3. The Kier molecular flexibility index (Phi) is 3.64. The zero-order valence-electron chi connectivity index (χ0n) is 10.1. The third-order valence-electron chi connectivity index (χ3n) is 3.24. The minimum absolute atomic E-state index is 0.125. The van der Waals surface area contributed by atoms with Crippen LogP contribution in [0, 0.1) is 5.92 Å². The number of rotatable bonds is 2. The van der Waals surface area contributed by atoms with Crippen LogP contribution in [-0.2, 0) is 0 Å². The molecule has 0 spiro atoms. The molecule has 1 unspecified atom stereocenters. The number of carbonyl (C=O) groups excluding carboxylic acids is 1. The van der Waals surface area contributed by atoms with E-state index in [-0.39, 0.29) is 5.91 Å². The first-order chi connectivity index (χ1) is 8.20. The van der Waals surface area contributed by atoms with E-state index in [1.165, 1.54) is 6.42 Å². The first-order valence-electron chi connectivity index (χ1n) is 6.06. The van der Waals surface area contributed by atoms with Gasteiger partial charge in [-0.15, -0.1) is 0 Å². The monoisotopic (exact) mass is 233 g/mol. The molecule has 0 saturated carbocycles. The van der Waals surface area contributed by atoms with Gasteiger partial charge >= 0.3 is 0 Å². The van der Waals surface area contributed by atoms with Crippen LogP contribution in [0.3, 0.4) is 0 Å². The number of amides is 1. The zero-order chi connectivity index (χ0) is 12.3. The summed E-state index contributed by atoms with van der Waals surface area (Å²) >= 11 is 0. The fourth-order valence-corrected chi connectivity index (χ4v) is 2.27. The zero-order valence-corrected chi connectivity index (χ0v) is 10.1. The van der Waals surface area contributed by atoms with Crippen molar-refractivity contribution in [2.75, 3.05) is 18.5 Å². The Morgan fingerprint density at radius 3 is 2.71 bits per heavy atom. The number of nitrogens with zero attached hydrogens (tertiary/aromatic N) is 1. The number of nitrogens with one attached hydrogen (secondary N) is 1. The maximum absolute atomic E-state index is 12.2. The molecule has 1 aromatic carbocycles. The maximum atomic E-state index is 12.2. The molecule has 1 aliphatic heterocycles. The highest BCUT2D eigenvalue weighted by atomic mass is 16.2. The molecule has 17 heavy (non-hydrogen) atoms. The molecular weight excluding hydrogens is 214 g/mol. The topological polar surface area (TPSA) is 58.4 Å². The van der Waals surface area contributed by atoms with Gasteiger partial charge in [0.2, 0.25) is 0 Å². The minimum atomic E-state index is 0.125. The average molecular weight is 233 g/mol. The largest absolute Gasteiger partial charge is 0.338 e. The molecule has 4 nitrogen and oxygen atoms in total. The van der Waals surface area contributed by atoms with Crippen molar-refractivity contribution >= 4 is 11.6 Å². The highest BCUT2D eigenvalue weighted by Crippen LogP contribution is 2.18. The van der Waals surface area contributed by atoms with Crippen molar-refractivity contribution < 1.29 is 4.79 Å². The highest BCUT2D eigenvalue weighted by Gasteiger charge is 2.21. The van der Waals surface area contributed by atoms with E-state index >= 15 is 0 Å². The van der Waals surface area contributed by atoms with Gasteiger partial charge < -0.3 is 10.3 Å². The smallest absolute Gasteiger partial charge is 0.253 e. The number of carbonyl (C=O) groups is 1. The van der Waals surface area contributed by atoms with Gasteiger partial charge in [-0.3, -0.25) is 10.6 Å². The van der Waals surface area contributed by atoms with Crippen molar-refractivity contribution in [2.24, 2.45) is 11.8 Å². The fourth-order valence-electron chi connectivity index (χ4n) is 2.27. The van der Waals surface area contributed by atoms with E-state index in [1.807, 2.05) is 29.2 Å². The number of hydrazine groups is 1. The molecular formula is C13H19N3O. The predicted molar refractivity (Wildman–Crippen MR) is 68.6 cm³/mol. The van der Waals surface area contributed by atoms with Gasteiger partial charge in [0.05, 0.1) is 0 Å². The summed E-state index contributed by atoms with van der Waals surface area (Å²) in [7, 11) is 0. The van der Waals surface area contributed by atoms with Crippen LogP contribution in [0.25, 0.3) is 0 Å². The van der Waals surface area contributed by atoms with Crippen molar-refractivity contribution in [3.63, 3.8) is 0 Å². The number of nitrogen functional groups attached to an aromatic ring is 1. The van der Waals surface area contributed by atoms with E-state index in [9.17, 15) is 4.79 Å². The van der Waals surface area contributed by atoms with Gasteiger partial charge in [-0.25, -0.2) is 0 Å². The molecule has 1 amide bonds. The van der Waals surface area contributed by atoms with Crippen LogP contribution in [0.1, 0.15) is 30.1 Å². The van der Waals surface area contributed by atoms with E-state index in [2.05, 4.69) is 12.3 Å². The van der Waals surface area contributed by atoms with Gasteiger partial charge in [0, 0.05) is 24.3 Å². The van der Waals surface area contributed by atoms with Crippen molar-refractivity contribution in [1.29, 1.82) is 0 Å². The van der Waals surface area contributed by atoms with E-state index < -0.39 is 0 Å². The molecule has 1 aromatic rings. The lowest BCUT2D eigenvalue weighted by Gasteiger charge is -2.31. The summed E-state index contributed by atoms with van der Waals surface area (Å²) in [6.45, 7) is 3.94. The van der Waals surface area contributed by atoms with Crippen molar-refractivity contribution in [3.05, 3.63) is 29.8 Å². The SMILES string of the molecule is CC1CCCN(C(=O)c2ccc(NN)cc2)C1. The van der Waals surface area contributed by atoms with Crippen LogP contribution >= 0.6 is 0 Å². The molecule has 4 heteroatoms. The van der Waals surface area contributed by atoms with Crippen LogP contribution in [-0.4, -0.2) is 23.9 Å². The number of piperidine rings is 1. The average Bonchev–Trinajstić information content (AvgIpc) is 2.38. The normalized spacial score (nSPS) is 20.1. The third-order valence-corrected chi connectivity index (χ3v) is 3.24. The van der Waals surface area contributed by atoms with Gasteiger partial charge in [0.15, 0.2) is 0 Å². The lowest BCUT2D eigenvalue weighted by Crippen LogP contribution is -2.39. The fraction of sp³-hybridized carbons (Fsp3) is 0.462. The van der Waals surface area contributed by atoms with E-state index in [4.69, 9.17) is 5.84 Å². The molecule has 0 radical (unpaired) electrons. The second-order valence-corrected chi connectivity index (χ2v) is 4.72. The molecule has 0 aliphatic carbocycles. The molecule has 0 bridgehead atoms. The minimum Gasteiger partial charge on any atom is -0.338 e. The number of benzene rings is 1. The molecule has 1 heterocycles. The molecule has 0 aromatic heterocycles. The summed E-state index contributed by atoms with van der Waals surface area (Å²) in [5, 5.41) is 0. The number of nitrogens with two attached hydrogens (primary N) is 1. The Bertz CT molecular complexity index is 388. The Labute approximate surface area is 102 Å². The molecule has 1 aliphatic rings. The summed E-state index contributed by atoms with van der Waals surface area (Å²) in [6, 6.07) is 7.27. The first-order valence-corrected chi connectivity index (χ1v) is 6.06. The Morgan fingerprint density at radius 2 is 2.12 bits per heavy atom. The second kappa shape index (κ2) is 5.19. The summed E-state index contributed by atoms with van der Waals surface area (Å²) < 4.78 is 0. The van der Waals surface area contributed by atoms with Gasteiger partial charge in [-0.1, -0.05) is 6.92 Å². The van der Waals surface area contributed by atoms with Crippen LogP contribution in [0.4, 0.5) is 5.69 Å². The van der Waals surface area contributed by atoms with E-state index in [0.717, 1.165) is 30.8 Å². The maximum Gasteiger partial charge on any atom is 0.253 e. The summed E-state index contributed by atoms with van der Waals surface area (Å²) in [6.07, 6.45) is 2.33. The van der Waals surface area contributed by atoms with Crippen LogP contribution in [0.5, 0.6) is 0 Å². The van der Waals surface area contributed by atoms with Crippen LogP contribution < -0.4 is 11.3 Å². The van der Waals surface area contributed by atoms with Crippen molar-refractivity contribution in [1.82, 2.24) is 4.90 Å². The van der Waals surface area contributed by atoms with E-state index in [0.29, 0.717) is 5.92 Å². The van der Waals surface area contributed by atoms with Crippen LogP contribution in [0.2, 0.25) is 0 Å². The predicted octanol–water partition coefficient (Wildman–Crippen LogP) is 1.84.